The molecule has 0 aromatic heterocycles. The Morgan fingerprint density at radius 1 is 0.583 bits per heavy atom. The third-order valence-corrected chi connectivity index (χ3v) is 9.24. The van der Waals surface area contributed by atoms with E-state index in [2.05, 4.69) is 0 Å². The number of ether oxygens (including phenoxy) is 5. The molecule has 48 heavy (non-hydrogen) atoms. The van der Waals surface area contributed by atoms with Gasteiger partial charge < -0.3 is 23.7 Å². The number of carbonyl (C=O) groups excluding carboxylic acids is 5. The van der Waals surface area contributed by atoms with Crippen molar-refractivity contribution in [2.24, 2.45) is 23.7 Å². The van der Waals surface area contributed by atoms with Gasteiger partial charge in [-0.2, -0.15) is 0 Å². The molecule has 1 aliphatic rings. The second kappa shape index (κ2) is 24.3. The topological polar surface area (TPSA) is 132 Å². The Balaban J connectivity index is 3.62. The molecule has 0 radical (unpaired) electrons. The molecule has 1 heterocycles. The normalized spacial score (nSPS) is 17.6. The van der Waals surface area contributed by atoms with E-state index in [-0.39, 0.29) is 11.7 Å². The van der Waals surface area contributed by atoms with Crippen LogP contribution < -0.4 is 0 Å². The van der Waals surface area contributed by atoms with E-state index in [1.54, 1.807) is 0 Å². The molecular formula is C38H64O10. The average molecular weight is 681 g/mol. The predicted octanol–water partition coefficient (Wildman–Crippen LogP) is 8.53. The zero-order valence-electron chi connectivity index (χ0n) is 31.1. The molecule has 0 aromatic rings. The first-order valence-electron chi connectivity index (χ1n) is 18.8. The van der Waals surface area contributed by atoms with Gasteiger partial charge in [-0.3, -0.25) is 19.2 Å². The van der Waals surface area contributed by atoms with E-state index in [4.69, 9.17) is 23.7 Å². The van der Waals surface area contributed by atoms with E-state index >= 15 is 0 Å². The zero-order valence-corrected chi connectivity index (χ0v) is 31.1. The quantitative estimate of drug-likeness (QED) is 0.0647. The highest BCUT2D eigenvalue weighted by Crippen LogP contribution is 2.33. The summed E-state index contributed by atoms with van der Waals surface area (Å²) in [5, 5.41) is 0. The summed E-state index contributed by atoms with van der Waals surface area (Å²) in [7, 11) is 0. The van der Waals surface area contributed by atoms with Gasteiger partial charge in [-0.15, -0.1) is 0 Å². The summed E-state index contributed by atoms with van der Waals surface area (Å²) < 4.78 is 28.9. The number of cyclic esters (lactones) is 1. The molecule has 1 aliphatic heterocycles. The molecule has 0 aliphatic carbocycles. The molecule has 0 fully saturated rings. The highest BCUT2D eigenvalue weighted by atomic mass is 16.7. The third-order valence-electron chi connectivity index (χ3n) is 9.24. The fraction of sp³-hybridized carbons (Fsp3) is 0.816. The molecule has 276 valence electrons. The van der Waals surface area contributed by atoms with Gasteiger partial charge in [-0.25, -0.2) is 4.79 Å². The first-order valence-corrected chi connectivity index (χ1v) is 18.8. The van der Waals surface area contributed by atoms with Crippen molar-refractivity contribution in [1.29, 1.82) is 0 Å². The Labute approximate surface area is 289 Å². The summed E-state index contributed by atoms with van der Waals surface area (Å²) in [4.78, 5) is 66.8. The molecule has 0 saturated carbocycles. The van der Waals surface area contributed by atoms with Crippen molar-refractivity contribution < 1.29 is 47.7 Å². The number of carbonyl (C=O) groups is 5. The van der Waals surface area contributed by atoms with Gasteiger partial charge in [-0.1, -0.05) is 107 Å². The maximum Gasteiger partial charge on any atom is 0.379 e. The van der Waals surface area contributed by atoms with Crippen molar-refractivity contribution in [3.05, 3.63) is 11.5 Å². The lowest BCUT2D eigenvalue weighted by atomic mass is 9.99. The fourth-order valence-electron chi connectivity index (χ4n) is 5.74. The van der Waals surface area contributed by atoms with Crippen LogP contribution in [0.2, 0.25) is 0 Å². The van der Waals surface area contributed by atoms with Gasteiger partial charge in [0.1, 0.15) is 6.61 Å². The Bertz CT molecular complexity index is 1030. The predicted molar refractivity (Wildman–Crippen MR) is 183 cm³/mol. The molecule has 0 N–H and O–H groups in total. The molecule has 1 rings (SSSR count). The maximum absolute atomic E-state index is 13.5. The van der Waals surface area contributed by atoms with Crippen LogP contribution in [0.5, 0.6) is 0 Å². The smallest absolute Gasteiger partial charge is 0.379 e. The van der Waals surface area contributed by atoms with Gasteiger partial charge in [-0.05, 0) is 51.4 Å². The fourth-order valence-corrected chi connectivity index (χ4v) is 5.74. The first-order chi connectivity index (χ1) is 23.1. The van der Waals surface area contributed by atoms with E-state index in [9.17, 15) is 24.0 Å². The molecule has 10 nitrogen and oxygen atoms in total. The largest absolute Gasteiger partial charge is 0.461 e. The van der Waals surface area contributed by atoms with Crippen molar-refractivity contribution in [3.8, 4) is 0 Å². The molecule has 6 atom stereocenters. The minimum absolute atomic E-state index is 0.327. The Kier molecular flexibility index (Phi) is 21.8. The van der Waals surface area contributed by atoms with Crippen molar-refractivity contribution in [1.82, 2.24) is 0 Å². The highest BCUT2D eigenvalue weighted by molar-refractivity contribution is 5.93. The SMILES string of the molecule is CCCCC(CC)C(=O)OC[C@H](OC(=O)C(CC)CCCC)[C@H]1OC(=O)C(OC(=O)C(CC)CCCC)=C1OC(=O)C(CC)CCCC. The van der Waals surface area contributed by atoms with E-state index in [0.717, 1.165) is 51.4 Å². The zero-order chi connectivity index (χ0) is 36.1. The van der Waals surface area contributed by atoms with E-state index in [1.807, 2.05) is 55.4 Å². The van der Waals surface area contributed by atoms with Gasteiger partial charge in [0.25, 0.3) is 5.76 Å². The molecule has 0 spiro atoms. The summed E-state index contributed by atoms with van der Waals surface area (Å²) in [5.74, 6) is -5.79. The lowest BCUT2D eigenvalue weighted by Crippen LogP contribution is -2.40. The summed E-state index contributed by atoms with van der Waals surface area (Å²) in [6, 6.07) is 0. The number of unbranched alkanes of at least 4 members (excludes halogenated alkanes) is 4. The van der Waals surface area contributed by atoms with Crippen LogP contribution >= 0.6 is 0 Å². The standard InChI is InChI=1S/C38H64O10/c1-9-17-21-26(13-5)34(39)44-25-30(45-35(40)27(14-6)22-18-10-2)31-32(47-36(41)28(15-7)23-19-11-3)33(38(43)46-31)48-37(42)29(16-8)24-20-12-4/h26-31H,9-25H2,1-8H3/t26?,27?,28?,29?,30-,31+/m0/s1. The van der Waals surface area contributed by atoms with Gasteiger partial charge >= 0.3 is 29.8 Å². The van der Waals surface area contributed by atoms with Crippen LogP contribution in [0.4, 0.5) is 0 Å². The highest BCUT2D eigenvalue weighted by Gasteiger charge is 2.48. The average Bonchev–Trinajstić information content (AvgIpc) is 3.37. The van der Waals surface area contributed by atoms with Crippen LogP contribution in [-0.4, -0.2) is 48.7 Å². The lowest BCUT2D eigenvalue weighted by Gasteiger charge is -2.27. The summed E-state index contributed by atoms with van der Waals surface area (Å²) in [6.07, 6.45) is 8.56. The Morgan fingerprint density at radius 2 is 0.979 bits per heavy atom. The molecule has 0 saturated heterocycles. The number of hydrogen-bond acceptors (Lipinski definition) is 10. The van der Waals surface area contributed by atoms with Gasteiger partial charge in [0, 0.05) is 0 Å². The van der Waals surface area contributed by atoms with E-state index in [1.165, 1.54) is 0 Å². The molecule has 10 heteroatoms. The minimum atomic E-state index is -1.46. The molecular weight excluding hydrogens is 616 g/mol. The second-order valence-electron chi connectivity index (χ2n) is 13.0. The minimum Gasteiger partial charge on any atom is -0.461 e. The number of esters is 5. The van der Waals surface area contributed by atoms with E-state index in [0.29, 0.717) is 51.4 Å². The van der Waals surface area contributed by atoms with Crippen LogP contribution in [0.3, 0.4) is 0 Å². The van der Waals surface area contributed by atoms with Crippen LogP contribution in [0.25, 0.3) is 0 Å². The van der Waals surface area contributed by atoms with Crippen molar-refractivity contribution in [2.45, 2.75) is 170 Å². The number of rotatable bonds is 26. The Hall–Kier alpha value is -2.91. The Morgan fingerprint density at radius 3 is 1.40 bits per heavy atom. The monoisotopic (exact) mass is 680 g/mol. The van der Waals surface area contributed by atoms with Crippen molar-refractivity contribution in [2.75, 3.05) is 6.61 Å². The van der Waals surface area contributed by atoms with Crippen LogP contribution in [0.15, 0.2) is 11.5 Å². The van der Waals surface area contributed by atoms with Gasteiger partial charge in [0.05, 0.1) is 23.7 Å². The third kappa shape index (κ3) is 13.9. The van der Waals surface area contributed by atoms with Crippen molar-refractivity contribution in [3.63, 3.8) is 0 Å². The van der Waals surface area contributed by atoms with Crippen molar-refractivity contribution >= 4 is 29.8 Å². The number of hydrogen-bond donors (Lipinski definition) is 0. The maximum atomic E-state index is 13.5. The van der Waals surface area contributed by atoms with E-state index < -0.39 is 72.2 Å². The molecule has 0 amide bonds. The molecule has 4 unspecified atom stereocenters. The molecule has 0 aromatic carbocycles. The second-order valence-corrected chi connectivity index (χ2v) is 13.0. The van der Waals surface area contributed by atoms with Gasteiger partial charge in [0.15, 0.2) is 6.10 Å². The van der Waals surface area contributed by atoms with Crippen LogP contribution in [-0.2, 0) is 47.7 Å². The van der Waals surface area contributed by atoms with Gasteiger partial charge in [0.2, 0.25) is 11.9 Å². The summed E-state index contributed by atoms with van der Waals surface area (Å²) in [6.45, 7) is 15.2. The van der Waals surface area contributed by atoms with Crippen LogP contribution in [0, 0.1) is 23.7 Å². The lowest BCUT2D eigenvalue weighted by molar-refractivity contribution is -0.177. The molecule has 0 bridgehead atoms. The summed E-state index contributed by atoms with van der Waals surface area (Å²) >= 11 is 0. The van der Waals surface area contributed by atoms with Crippen LogP contribution in [0.1, 0.15) is 158 Å². The summed E-state index contributed by atoms with van der Waals surface area (Å²) in [5.41, 5.74) is 0. The first kappa shape index (κ1) is 43.1.